The number of aliphatic carboxylic acids is 1. The molecule has 0 radical (unpaired) electrons. The van der Waals surface area contributed by atoms with E-state index in [1.807, 2.05) is 0 Å². The molecule has 3 atom stereocenters. The zero-order valence-electron chi connectivity index (χ0n) is 15.1. The number of nitrogens with zero attached hydrogens (tertiary/aromatic N) is 1. The van der Waals surface area contributed by atoms with Crippen LogP contribution in [-0.2, 0) is 14.6 Å². The van der Waals surface area contributed by atoms with E-state index in [9.17, 15) is 23.1 Å². The Hall–Kier alpha value is -1.89. The Kier molecular flexibility index (Phi) is 5.10. The highest BCUT2D eigenvalue weighted by Crippen LogP contribution is 2.40. The second kappa shape index (κ2) is 7.02. The van der Waals surface area contributed by atoms with E-state index in [1.54, 1.807) is 13.8 Å². The fraction of sp³-hybridized carbons (Fsp3) is 0.579. The van der Waals surface area contributed by atoms with Crippen molar-refractivity contribution in [3.8, 4) is 0 Å². The zero-order chi connectivity index (χ0) is 19.1. The molecule has 1 amide bonds. The molecular weight excluding hydrogens is 354 g/mol. The summed E-state index contributed by atoms with van der Waals surface area (Å²) in [7, 11) is -3.40. The molecule has 3 unspecified atom stereocenters. The lowest BCUT2D eigenvalue weighted by molar-refractivity contribution is -0.141. The van der Waals surface area contributed by atoms with Crippen LogP contribution in [0.1, 0.15) is 56.3 Å². The first-order chi connectivity index (χ1) is 12.2. The Bertz CT molecular complexity index is 800. The predicted molar refractivity (Wildman–Crippen MR) is 96.7 cm³/mol. The molecule has 1 N–H and O–H groups in total. The van der Waals surface area contributed by atoms with Crippen LogP contribution < -0.4 is 0 Å². The summed E-state index contributed by atoms with van der Waals surface area (Å²) in [5.74, 6) is -1.04. The second-order valence-corrected chi connectivity index (χ2v) is 10.0. The lowest BCUT2D eigenvalue weighted by atomic mass is 9.84. The van der Waals surface area contributed by atoms with Gasteiger partial charge in [0.2, 0.25) is 0 Å². The van der Waals surface area contributed by atoms with Gasteiger partial charge in [-0.1, -0.05) is 12.8 Å². The van der Waals surface area contributed by atoms with Gasteiger partial charge in [0.05, 0.1) is 10.1 Å². The summed E-state index contributed by atoms with van der Waals surface area (Å²) < 4.78 is 24.5. The topological polar surface area (TPSA) is 91.8 Å². The van der Waals surface area contributed by atoms with E-state index in [4.69, 9.17) is 0 Å². The molecule has 1 saturated carbocycles. The first-order valence-electron chi connectivity index (χ1n) is 9.13. The summed E-state index contributed by atoms with van der Waals surface area (Å²) in [6, 6.07) is 5.03. The van der Waals surface area contributed by atoms with Crippen LogP contribution >= 0.6 is 0 Å². The Morgan fingerprint density at radius 2 is 1.73 bits per heavy atom. The number of amides is 1. The molecule has 7 heteroatoms. The number of benzene rings is 1. The molecular formula is C19H25NO5S. The van der Waals surface area contributed by atoms with Crippen LogP contribution in [0.3, 0.4) is 0 Å². The van der Waals surface area contributed by atoms with E-state index < -0.39 is 27.1 Å². The number of carbonyl (C=O) groups is 2. The maximum absolute atomic E-state index is 13.0. The number of likely N-dealkylation sites (tertiary alicyclic amines) is 1. The van der Waals surface area contributed by atoms with Gasteiger partial charge in [-0.3, -0.25) is 4.79 Å². The molecule has 6 nitrogen and oxygen atoms in total. The van der Waals surface area contributed by atoms with Gasteiger partial charge < -0.3 is 10.0 Å². The molecule has 0 spiro atoms. The largest absolute Gasteiger partial charge is 0.480 e. The highest BCUT2D eigenvalue weighted by Gasteiger charge is 2.47. The van der Waals surface area contributed by atoms with Gasteiger partial charge in [0.15, 0.2) is 9.84 Å². The van der Waals surface area contributed by atoms with Crippen LogP contribution in [-0.4, -0.2) is 47.6 Å². The van der Waals surface area contributed by atoms with Crippen molar-refractivity contribution in [3.63, 3.8) is 0 Å². The van der Waals surface area contributed by atoms with Crippen molar-refractivity contribution in [3.05, 3.63) is 29.8 Å². The number of sulfone groups is 1. The smallest absolute Gasteiger partial charge is 0.326 e. The van der Waals surface area contributed by atoms with E-state index in [-0.39, 0.29) is 22.8 Å². The van der Waals surface area contributed by atoms with Crippen molar-refractivity contribution in [2.75, 3.05) is 0 Å². The number of carboxylic acid groups (broad SMARTS) is 1. The van der Waals surface area contributed by atoms with Crippen LogP contribution in [0.2, 0.25) is 0 Å². The molecule has 142 valence electrons. The molecule has 1 aromatic carbocycles. The van der Waals surface area contributed by atoms with Crippen molar-refractivity contribution >= 4 is 21.7 Å². The van der Waals surface area contributed by atoms with Crippen LogP contribution in [0.5, 0.6) is 0 Å². The number of fused-ring (bicyclic) bond motifs is 1. The van der Waals surface area contributed by atoms with E-state index in [0.717, 1.165) is 25.7 Å². The standard InChI is InChI=1S/C19H25NO5S/c1-12(2)26(24,25)15-9-7-13(8-10-15)18(21)20-16-6-4-3-5-14(16)11-17(20)19(22)23/h7-10,12,14,16-17H,3-6,11H2,1-2H3,(H,22,23). The van der Waals surface area contributed by atoms with Gasteiger partial charge in [-0.25, -0.2) is 13.2 Å². The van der Waals surface area contributed by atoms with Crippen LogP contribution in [0.15, 0.2) is 29.2 Å². The SMILES string of the molecule is CC(C)S(=O)(=O)c1ccc(C(=O)N2C(C(=O)O)CC3CCCCC32)cc1. The van der Waals surface area contributed by atoms with E-state index in [2.05, 4.69) is 0 Å². The van der Waals surface area contributed by atoms with E-state index in [0.29, 0.717) is 12.0 Å². The summed E-state index contributed by atoms with van der Waals surface area (Å²) >= 11 is 0. The second-order valence-electron chi connectivity index (χ2n) is 7.53. The molecule has 1 aromatic rings. The first kappa shape index (κ1) is 18.9. The summed E-state index contributed by atoms with van der Waals surface area (Å²) in [5.41, 5.74) is 0.338. The highest BCUT2D eigenvalue weighted by molar-refractivity contribution is 7.92. The summed E-state index contributed by atoms with van der Waals surface area (Å²) in [4.78, 5) is 26.4. The first-order valence-corrected chi connectivity index (χ1v) is 10.7. The molecule has 1 aliphatic heterocycles. The Morgan fingerprint density at radius 1 is 1.12 bits per heavy atom. The fourth-order valence-electron chi connectivity index (χ4n) is 4.18. The zero-order valence-corrected chi connectivity index (χ0v) is 15.9. The van der Waals surface area contributed by atoms with Gasteiger partial charge >= 0.3 is 5.97 Å². The minimum absolute atomic E-state index is 0.0311. The fourth-order valence-corrected chi connectivity index (χ4v) is 5.24. The van der Waals surface area contributed by atoms with Crippen LogP contribution in [0, 0.1) is 5.92 Å². The minimum Gasteiger partial charge on any atom is -0.480 e. The molecule has 1 saturated heterocycles. The predicted octanol–water partition coefficient (Wildman–Crippen LogP) is 2.73. The Balaban J connectivity index is 1.89. The van der Waals surface area contributed by atoms with Gasteiger partial charge in [0.25, 0.3) is 5.91 Å². The van der Waals surface area contributed by atoms with Gasteiger partial charge in [0.1, 0.15) is 6.04 Å². The molecule has 26 heavy (non-hydrogen) atoms. The van der Waals surface area contributed by atoms with E-state index >= 15 is 0 Å². The lowest BCUT2D eigenvalue weighted by Gasteiger charge is -2.33. The third kappa shape index (κ3) is 3.24. The molecule has 1 heterocycles. The van der Waals surface area contributed by atoms with Crippen molar-refractivity contribution in [1.29, 1.82) is 0 Å². The van der Waals surface area contributed by atoms with Gasteiger partial charge in [0, 0.05) is 11.6 Å². The average molecular weight is 379 g/mol. The molecule has 0 bridgehead atoms. The maximum atomic E-state index is 13.0. The van der Waals surface area contributed by atoms with Crippen molar-refractivity contribution in [2.24, 2.45) is 5.92 Å². The van der Waals surface area contributed by atoms with Gasteiger partial charge in [-0.2, -0.15) is 0 Å². The normalized spacial score (nSPS) is 26.0. The van der Waals surface area contributed by atoms with Crippen molar-refractivity contribution < 1.29 is 23.1 Å². The molecule has 1 aliphatic carbocycles. The van der Waals surface area contributed by atoms with Crippen molar-refractivity contribution in [1.82, 2.24) is 4.90 Å². The third-order valence-corrected chi connectivity index (χ3v) is 7.83. The molecule has 2 aliphatic rings. The average Bonchev–Trinajstić information content (AvgIpc) is 3.01. The van der Waals surface area contributed by atoms with Gasteiger partial charge in [-0.05, 0) is 63.3 Å². The summed E-state index contributed by atoms with van der Waals surface area (Å²) in [6.07, 6.45) is 4.38. The maximum Gasteiger partial charge on any atom is 0.326 e. The molecule has 3 rings (SSSR count). The highest BCUT2D eigenvalue weighted by atomic mass is 32.2. The number of hydrogen-bond donors (Lipinski definition) is 1. The number of carbonyl (C=O) groups excluding carboxylic acids is 1. The van der Waals surface area contributed by atoms with Crippen LogP contribution in [0.4, 0.5) is 0 Å². The van der Waals surface area contributed by atoms with Crippen LogP contribution in [0.25, 0.3) is 0 Å². The van der Waals surface area contributed by atoms with E-state index in [1.165, 1.54) is 29.2 Å². The Labute approximate surface area is 154 Å². The molecule has 2 fully saturated rings. The third-order valence-electron chi connectivity index (χ3n) is 5.66. The quantitative estimate of drug-likeness (QED) is 0.868. The number of rotatable bonds is 4. The number of carboxylic acids is 1. The summed E-state index contributed by atoms with van der Waals surface area (Å²) in [5, 5.41) is 9.03. The minimum atomic E-state index is -3.40. The monoisotopic (exact) mass is 379 g/mol. The summed E-state index contributed by atoms with van der Waals surface area (Å²) in [6.45, 7) is 3.22. The van der Waals surface area contributed by atoms with Gasteiger partial charge in [-0.15, -0.1) is 0 Å². The van der Waals surface area contributed by atoms with Crippen molar-refractivity contribution in [2.45, 2.75) is 68.2 Å². The Morgan fingerprint density at radius 3 is 2.31 bits per heavy atom. The molecule has 0 aromatic heterocycles. The lowest BCUT2D eigenvalue weighted by Crippen LogP contribution is -2.46. The number of hydrogen-bond acceptors (Lipinski definition) is 4.